The molecule has 0 saturated carbocycles. The van der Waals surface area contributed by atoms with Gasteiger partial charge in [0.25, 0.3) is 0 Å². The van der Waals surface area contributed by atoms with Crippen molar-refractivity contribution in [3.63, 3.8) is 0 Å². The molecule has 2 aromatic carbocycles. The highest BCUT2D eigenvalue weighted by Crippen LogP contribution is 2.42. The molecule has 1 aliphatic carbocycles. The summed E-state index contributed by atoms with van der Waals surface area (Å²) < 4.78 is 5.25. The number of carboxylic acid groups (broad SMARTS) is 1. The Morgan fingerprint density at radius 2 is 1.79 bits per heavy atom. The molecule has 4 heteroatoms. The van der Waals surface area contributed by atoms with Gasteiger partial charge in [0.1, 0.15) is 0 Å². The standard InChI is InChI=1S/C24H26O4/c1-5-28-23(27)18-10-11-24(3,4)21-14-19(15(2)12-20(18)21)17-8-6-16(7-9-17)13-22(25)26/h6-10,12,14H,5,11,13H2,1-4H3,(H,25,26). The second-order valence-electron chi connectivity index (χ2n) is 7.91. The average Bonchev–Trinajstić information content (AvgIpc) is 2.62. The van der Waals surface area contributed by atoms with Crippen molar-refractivity contribution in [1.29, 1.82) is 0 Å². The molecule has 4 nitrogen and oxygen atoms in total. The minimum absolute atomic E-state index is 0.0180. The zero-order valence-corrected chi connectivity index (χ0v) is 16.8. The van der Waals surface area contributed by atoms with Gasteiger partial charge in [0.05, 0.1) is 18.6 Å². The summed E-state index contributed by atoms with van der Waals surface area (Å²) in [5.41, 5.74) is 6.61. The summed E-state index contributed by atoms with van der Waals surface area (Å²) in [5.74, 6) is -1.11. The molecule has 0 atom stereocenters. The lowest BCUT2D eigenvalue weighted by molar-refractivity contribution is -0.137. The fourth-order valence-corrected chi connectivity index (χ4v) is 3.76. The smallest absolute Gasteiger partial charge is 0.338 e. The van der Waals surface area contributed by atoms with Crippen molar-refractivity contribution in [3.05, 3.63) is 64.7 Å². The number of carbonyl (C=O) groups is 2. The minimum atomic E-state index is -0.835. The molecule has 0 aromatic heterocycles. The summed E-state index contributed by atoms with van der Waals surface area (Å²) >= 11 is 0. The third-order valence-corrected chi connectivity index (χ3v) is 5.32. The Morgan fingerprint density at radius 1 is 1.11 bits per heavy atom. The molecule has 0 unspecified atom stereocenters. The van der Waals surface area contributed by atoms with E-state index in [-0.39, 0.29) is 17.8 Å². The second kappa shape index (κ2) is 7.63. The number of hydrogen-bond acceptors (Lipinski definition) is 3. The Balaban J connectivity index is 2.06. The van der Waals surface area contributed by atoms with Crippen LogP contribution in [0, 0.1) is 6.92 Å². The normalized spacial score (nSPS) is 14.8. The number of aliphatic carboxylic acids is 1. The molecule has 0 aliphatic heterocycles. The van der Waals surface area contributed by atoms with E-state index in [4.69, 9.17) is 9.84 Å². The number of hydrogen-bond donors (Lipinski definition) is 1. The summed E-state index contributed by atoms with van der Waals surface area (Å²) in [6, 6.07) is 11.9. The maximum Gasteiger partial charge on any atom is 0.338 e. The molecule has 0 amide bonds. The minimum Gasteiger partial charge on any atom is -0.481 e. The highest BCUT2D eigenvalue weighted by molar-refractivity contribution is 6.17. The van der Waals surface area contributed by atoms with Gasteiger partial charge in [-0.1, -0.05) is 50.3 Å². The maximum absolute atomic E-state index is 12.4. The summed E-state index contributed by atoms with van der Waals surface area (Å²) in [5, 5.41) is 8.95. The van der Waals surface area contributed by atoms with Crippen LogP contribution in [0.15, 0.2) is 42.5 Å². The van der Waals surface area contributed by atoms with Crippen LogP contribution in [-0.2, 0) is 26.2 Å². The molecule has 146 valence electrons. The van der Waals surface area contributed by atoms with E-state index in [0.717, 1.165) is 39.8 Å². The number of fused-ring (bicyclic) bond motifs is 1. The van der Waals surface area contributed by atoms with Crippen molar-refractivity contribution in [3.8, 4) is 11.1 Å². The first-order valence-electron chi connectivity index (χ1n) is 9.57. The van der Waals surface area contributed by atoms with Gasteiger partial charge in [-0.15, -0.1) is 0 Å². The van der Waals surface area contributed by atoms with Gasteiger partial charge in [-0.3, -0.25) is 4.79 Å². The highest BCUT2D eigenvalue weighted by atomic mass is 16.5. The van der Waals surface area contributed by atoms with Gasteiger partial charge in [0.2, 0.25) is 0 Å². The Labute approximate surface area is 165 Å². The number of ether oxygens (including phenoxy) is 1. The number of rotatable bonds is 5. The van der Waals surface area contributed by atoms with Crippen LogP contribution >= 0.6 is 0 Å². The van der Waals surface area contributed by atoms with Crippen molar-refractivity contribution >= 4 is 17.5 Å². The number of allylic oxidation sites excluding steroid dienone is 1. The molecule has 28 heavy (non-hydrogen) atoms. The Morgan fingerprint density at radius 3 is 2.39 bits per heavy atom. The van der Waals surface area contributed by atoms with Gasteiger partial charge in [-0.05, 0) is 65.1 Å². The molecule has 0 radical (unpaired) electrons. The first kappa shape index (κ1) is 19.9. The van der Waals surface area contributed by atoms with E-state index < -0.39 is 5.97 Å². The van der Waals surface area contributed by atoms with Crippen LogP contribution in [0.5, 0.6) is 0 Å². The number of esters is 1. The molecule has 0 spiro atoms. The fraction of sp³-hybridized carbons (Fsp3) is 0.333. The maximum atomic E-state index is 12.4. The average molecular weight is 378 g/mol. The van der Waals surface area contributed by atoms with Gasteiger partial charge < -0.3 is 9.84 Å². The Hall–Kier alpha value is -2.88. The molecule has 0 heterocycles. The summed E-state index contributed by atoms with van der Waals surface area (Å²) in [6.45, 7) is 8.56. The van der Waals surface area contributed by atoms with Gasteiger partial charge in [-0.2, -0.15) is 0 Å². The Bertz CT molecular complexity index is 949. The van der Waals surface area contributed by atoms with Gasteiger partial charge in [0.15, 0.2) is 0 Å². The van der Waals surface area contributed by atoms with Gasteiger partial charge >= 0.3 is 11.9 Å². The van der Waals surface area contributed by atoms with Gasteiger partial charge in [-0.25, -0.2) is 4.79 Å². The van der Waals surface area contributed by atoms with Crippen LogP contribution in [-0.4, -0.2) is 23.7 Å². The summed E-state index contributed by atoms with van der Waals surface area (Å²) in [4.78, 5) is 23.3. The predicted octanol–water partition coefficient (Wildman–Crippen LogP) is 4.92. The monoisotopic (exact) mass is 378 g/mol. The van der Waals surface area contributed by atoms with E-state index in [1.165, 1.54) is 0 Å². The van der Waals surface area contributed by atoms with E-state index in [1.807, 2.05) is 44.2 Å². The van der Waals surface area contributed by atoms with E-state index in [1.54, 1.807) is 0 Å². The van der Waals surface area contributed by atoms with Crippen molar-refractivity contribution in [2.45, 2.75) is 46.0 Å². The summed E-state index contributed by atoms with van der Waals surface area (Å²) in [7, 11) is 0. The highest BCUT2D eigenvalue weighted by Gasteiger charge is 2.32. The van der Waals surface area contributed by atoms with Crippen LogP contribution in [0.4, 0.5) is 0 Å². The van der Waals surface area contributed by atoms with Crippen LogP contribution in [0.1, 0.15) is 49.4 Å². The third-order valence-electron chi connectivity index (χ3n) is 5.32. The molecule has 1 N–H and O–H groups in total. The zero-order chi connectivity index (χ0) is 20.5. The fourth-order valence-electron chi connectivity index (χ4n) is 3.76. The molecule has 0 bridgehead atoms. The number of carboxylic acids is 1. The number of benzene rings is 2. The lowest BCUT2D eigenvalue weighted by Gasteiger charge is -2.32. The van der Waals surface area contributed by atoms with Crippen LogP contribution < -0.4 is 0 Å². The summed E-state index contributed by atoms with van der Waals surface area (Å²) in [6.07, 6.45) is 2.78. The quantitative estimate of drug-likeness (QED) is 0.750. The molecular weight excluding hydrogens is 352 g/mol. The van der Waals surface area contributed by atoms with Crippen LogP contribution in [0.25, 0.3) is 16.7 Å². The Kier molecular flexibility index (Phi) is 5.41. The molecule has 3 rings (SSSR count). The van der Waals surface area contributed by atoms with Crippen LogP contribution in [0.2, 0.25) is 0 Å². The SMILES string of the molecule is CCOC(=O)C1=CCC(C)(C)c2cc(-c3ccc(CC(=O)O)cc3)c(C)cc21. The number of aryl methyl sites for hydroxylation is 1. The largest absolute Gasteiger partial charge is 0.481 e. The second-order valence-corrected chi connectivity index (χ2v) is 7.91. The lowest BCUT2D eigenvalue weighted by Crippen LogP contribution is -2.24. The van der Waals surface area contributed by atoms with E-state index in [9.17, 15) is 9.59 Å². The first-order valence-corrected chi connectivity index (χ1v) is 9.57. The molecular formula is C24H26O4. The van der Waals surface area contributed by atoms with Crippen molar-refractivity contribution < 1.29 is 19.4 Å². The third kappa shape index (κ3) is 3.86. The van der Waals surface area contributed by atoms with Gasteiger partial charge in [0, 0.05) is 0 Å². The van der Waals surface area contributed by atoms with Crippen molar-refractivity contribution in [2.75, 3.05) is 6.61 Å². The molecule has 2 aromatic rings. The zero-order valence-electron chi connectivity index (χ0n) is 16.8. The topological polar surface area (TPSA) is 63.6 Å². The first-order chi connectivity index (χ1) is 13.2. The van der Waals surface area contributed by atoms with Crippen molar-refractivity contribution in [2.24, 2.45) is 0 Å². The molecule has 0 saturated heterocycles. The number of carbonyl (C=O) groups excluding carboxylic acids is 1. The van der Waals surface area contributed by atoms with Crippen LogP contribution in [0.3, 0.4) is 0 Å². The van der Waals surface area contributed by atoms with E-state index in [0.29, 0.717) is 12.2 Å². The predicted molar refractivity (Wildman–Crippen MR) is 110 cm³/mol. The van der Waals surface area contributed by atoms with E-state index >= 15 is 0 Å². The van der Waals surface area contributed by atoms with E-state index in [2.05, 4.69) is 26.0 Å². The molecule has 1 aliphatic rings. The molecule has 0 fully saturated rings. The lowest BCUT2D eigenvalue weighted by atomic mass is 9.72. The van der Waals surface area contributed by atoms with Crippen molar-refractivity contribution in [1.82, 2.24) is 0 Å².